The van der Waals surface area contributed by atoms with E-state index in [1.54, 1.807) is 55.5 Å². The normalized spacial score (nSPS) is 11.7. The zero-order valence-electron chi connectivity index (χ0n) is 16.5. The van der Waals surface area contributed by atoms with Crippen LogP contribution in [-0.2, 0) is 4.79 Å². The Kier molecular flexibility index (Phi) is 6.30. The standard InChI is InChI=1S/C24H18ClFN2O2S/c1-15(30-17-8-6-7-16(25)13-17)23(29)27-21-12-5-3-10-19(21)22-14-31-24(28-22)18-9-2-4-11-20(18)26/h2-15H,1H3,(H,27,29). The van der Waals surface area contributed by atoms with Crippen LogP contribution in [-0.4, -0.2) is 17.0 Å². The fraction of sp³-hybridized carbons (Fsp3) is 0.0833. The van der Waals surface area contributed by atoms with Crippen LogP contribution in [0, 0.1) is 5.82 Å². The molecular weight excluding hydrogens is 435 g/mol. The van der Waals surface area contributed by atoms with Gasteiger partial charge in [-0.2, -0.15) is 0 Å². The van der Waals surface area contributed by atoms with Crippen molar-refractivity contribution in [2.75, 3.05) is 5.32 Å². The van der Waals surface area contributed by atoms with Gasteiger partial charge in [-0.1, -0.05) is 48.0 Å². The van der Waals surface area contributed by atoms with Crippen molar-refractivity contribution in [2.24, 2.45) is 0 Å². The van der Waals surface area contributed by atoms with Gasteiger partial charge in [0.2, 0.25) is 0 Å². The number of nitrogens with zero attached hydrogens (tertiary/aromatic N) is 1. The van der Waals surface area contributed by atoms with E-state index in [0.29, 0.717) is 32.7 Å². The Morgan fingerprint density at radius 3 is 2.58 bits per heavy atom. The van der Waals surface area contributed by atoms with Crippen LogP contribution in [0.25, 0.3) is 21.8 Å². The van der Waals surface area contributed by atoms with Crippen molar-refractivity contribution in [2.45, 2.75) is 13.0 Å². The number of anilines is 1. The third-order valence-electron chi connectivity index (χ3n) is 4.55. The van der Waals surface area contributed by atoms with Crippen molar-refractivity contribution in [1.82, 2.24) is 4.98 Å². The topological polar surface area (TPSA) is 51.2 Å². The Morgan fingerprint density at radius 1 is 1.06 bits per heavy atom. The van der Waals surface area contributed by atoms with Gasteiger partial charge in [0.25, 0.3) is 5.91 Å². The third-order valence-corrected chi connectivity index (χ3v) is 5.66. The Bertz CT molecular complexity index is 1230. The SMILES string of the molecule is CC(Oc1cccc(Cl)c1)C(=O)Nc1ccccc1-c1csc(-c2ccccc2F)n1. The van der Waals surface area contributed by atoms with Crippen molar-refractivity contribution in [1.29, 1.82) is 0 Å². The van der Waals surface area contributed by atoms with Crippen LogP contribution in [0.15, 0.2) is 78.2 Å². The Labute approximate surface area is 188 Å². The van der Waals surface area contributed by atoms with E-state index < -0.39 is 6.10 Å². The molecule has 4 aromatic rings. The number of carbonyl (C=O) groups excluding carboxylic acids is 1. The summed E-state index contributed by atoms with van der Waals surface area (Å²) in [5.41, 5.74) is 2.44. The van der Waals surface area contributed by atoms with Crippen molar-refractivity contribution in [3.8, 4) is 27.6 Å². The molecule has 0 bridgehead atoms. The summed E-state index contributed by atoms with van der Waals surface area (Å²) in [5.74, 6) is -0.119. The number of nitrogens with one attached hydrogen (secondary N) is 1. The summed E-state index contributed by atoms with van der Waals surface area (Å²) in [6.45, 7) is 1.66. The highest BCUT2D eigenvalue weighted by Gasteiger charge is 2.18. The molecule has 31 heavy (non-hydrogen) atoms. The van der Waals surface area contributed by atoms with E-state index in [-0.39, 0.29) is 11.7 Å². The summed E-state index contributed by atoms with van der Waals surface area (Å²) in [6.07, 6.45) is -0.740. The van der Waals surface area contributed by atoms with Gasteiger partial charge >= 0.3 is 0 Å². The molecule has 1 amide bonds. The average molecular weight is 453 g/mol. The fourth-order valence-corrected chi connectivity index (χ4v) is 4.03. The second-order valence-corrected chi connectivity index (χ2v) is 8.06. The molecule has 0 spiro atoms. The van der Waals surface area contributed by atoms with Crippen LogP contribution in [0.2, 0.25) is 5.02 Å². The third kappa shape index (κ3) is 4.93. The zero-order valence-corrected chi connectivity index (χ0v) is 18.1. The maximum absolute atomic E-state index is 14.1. The summed E-state index contributed by atoms with van der Waals surface area (Å²) >= 11 is 7.32. The lowest BCUT2D eigenvalue weighted by Crippen LogP contribution is -2.30. The lowest BCUT2D eigenvalue weighted by Gasteiger charge is -2.16. The van der Waals surface area contributed by atoms with E-state index in [4.69, 9.17) is 16.3 Å². The minimum absolute atomic E-state index is 0.308. The number of carbonyl (C=O) groups is 1. The van der Waals surface area contributed by atoms with E-state index >= 15 is 0 Å². The number of amides is 1. The number of benzene rings is 3. The van der Waals surface area contributed by atoms with Crippen molar-refractivity contribution < 1.29 is 13.9 Å². The number of ether oxygens (including phenoxy) is 1. The van der Waals surface area contributed by atoms with Crippen molar-refractivity contribution >= 4 is 34.5 Å². The monoisotopic (exact) mass is 452 g/mol. The molecule has 156 valence electrons. The molecule has 0 aliphatic heterocycles. The van der Waals surface area contributed by atoms with Crippen LogP contribution in [0.4, 0.5) is 10.1 Å². The largest absolute Gasteiger partial charge is 0.481 e. The lowest BCUT2D eigenvalue weighted by molar-refractivity contribution is -0.122. The first kappa shape index (κ1) is 21.0. The summed E-state index contributed by atoms with van der Waals surface area (Å²) < 4.78 is 19.8. The van der Waals surface area contributed by atoms with Gasteiger partial charge in [0.05, 0.1) is 11.4 Å². The predicted octanol–water partition coefficient (Wildman–Crippen LogP) is 6.68. The molecule has 1 atom stereocenters. The number of para-hydroxylation sites is 1. The lowest BCUT2D eigenvalue weighted by atomic mass is 10.1. The molecule has 1 heterocycles. The van der Waals surface area contributed by atoms with Crippen molar-refractivity contribution in [3.05, 3.63) is 89.0 Å². The van der Waals surface area contributed by atoms with Gasteiger partial charge in [-0.15, -0.1) is 11.3 Å². The molecule has 0 fully saturated rings. The van der Waals surface area contributed by atoms with Crippen LogP contribution < -0.4 is 10.1 Å². The molecular formula is C24H18ClFN2O2S. The van der Waals surface area contributed by atoms with E-state index in [1.165, 1.54) is 17.4 Å². The number of rotatable bonds is 6. The van der Waals surface area contributed by atoms with E-state index in [2.05, 4.69) is 10.3 Å². The Morgan fingerprint density at radius 2 is 1.81 bits per heavy atom. The van der Waals surface area contributed by atoms with Crippen LogP contribution in [0.3, 0.4) is 0 Å². The second kappa shape index (κ2) is 9.29. The van der Waals surface area contributed by atoms with Crippen molar-refractivity contribution in [3.63, 3.8) is 0 Å². The molecule has 7 heteroatoms. The first-order valence-corrected chi connectivity index (χ1v) is 10.8. The number of aromatic nitrogens is 1. The van der Waals surface area contributed by atoms with E-state index in [0.717, 1.165) is 5.56 Å². The fourth-order valence-electron chi connectivity index (χ4n) is 3.00. The highest BCUT2D eigenvalue weighted by Crippen LogP contribution is 2.33. The molecule has 1 unspecified atom stereocenters. The molecule has 0 aliphatic rings. The molecule has 0 saturated carbocycles. The smallest absolute Gasteiger partial charge is 0.265 e. The highest BCUT2D eigenvalue weighted by molar-refractivity contribution is 7.13. The Hall–Kier alpha value is -3.22. The molecule has 0 saturated heterocycles. The Balaban J connectivity index is 1.54. The number of hydrogen-bond acceptors (Lipinski definition) is 4. The van der Waals surface area contributed by atoms with Gasteiger partial charge in [0.15, 0.2) is 6.10 Å². The molecule has 0 aliphatic carbocycles. The first-order valence-electron chi connectivity index (χ1n) is 9.54. The minimum Gasteiger partial charge on any atom is -0.481 e. The number of hydrogen-bond donors (Lipinski definition) is 1. The number of halogens is 2. The molecule has 4 nitrogen and oxygen atoms in total. The second-order valence-electron chi connectivity index (χ2n) is 6.77. The minimum atomic E-state index is -0.740. The van der Waals surface area contributed by atoms with Gasteiger partial charge in [-0.05, 0) is 43.3 Å². The van der Waals surface area contributed by atoms with Gasteiger partial charge in [-0.3, -0.25) is 4.79 Å². The van der Waals surface area contributed by atoms with Gasteiger partial charge in [-0.25, -0.2) is 9.37 Å². The van der Waals surface area contributed by atoms with Gasteiger partial charge in [0.1, 0.15) is 16.6 Å². The van der Waals surface area contributed by atoms with E-state index in [9.17, 15) is 9.18 Å². The summed E-state index contributed by atoms with van der Waals surface area (Å²) in [4.78, 5) is 17.3. The van der Waals surface area contributed by atoms with Gasteiger partial charge in [0, 0.05) is 21.5 Å². The highest BCUT2D eigenvalue weighted by atomic mass is 35.5. The van der Waals surface area contributed by atoms with E-state index in [1.807, 2.05) is 23.6 Å². The van der Waals surface area contributed by atoms with Gasteiger partial charge < -0.3 is 10.1 Å². The number of thiazole rings is 1. The van der Waals surface area contributed by atoms with Crippen LogP contribution >= 0.6 is 22.9 Å². The molecule has 1 aromatic heterocycles. The molecule has 0 radical (unpaired) electrons. The van der Waals surface area contributed by atoms with Crippen LogP contribution in [0.1, 0.15) is 6.92 Å². The maximum Gasteiger partial charge on any atom is 0.265 e. The first-order chi connectivity index (χ1) is 15.0. The summed E-state index contributed by atoms with van der Waals surface area (Å²) in [7, 11) is 0. The maximum atomic E-state index is 14.1. The summed E-state index contributed by atoms with van der Waals surface area (Å²) in [5, 5.41) is 5.85. The summed E-state index contributed by atoms with van der Waals surface area (Å²) in [6, 6.07) is 20.7. The average Bonchev–Trinajstić information content (AvgIpc) is 3.24. The quantitative estimate of drug-likeness (QED) is 0.355. The zero-order chi connectivity index (χ0) is 21.8. The molecule has 1 N–H and O–H groups in total. The van der Waals surface area contributed by atoms with Crippen LogP contribution in [0.5, 0.6) is 5.75 Å². The molecule has 4 rings (SSSR count). The predicted molar refractivity (Wildman–Crippen MR) is 123 cm³/mol. The molecule has 3 aromatic carbocycles.